The molecule has 0 spiro atoms. The molecule has 11 rings (SSSR count). The Labute approximate surface area is 315 Å². The van der Waals surface area contributed by atoms with E-state index in [1.165, 1.54) is 27.9 Å². The maximum absolute atomic E-state index is 14.0. The second-order valence-corrected chi connectivity index (χ2v) is 13.9. The monoisotopic (exact) mass is 707 g/mol. The fourth-order valence-corrected chi connectivity index (χ4v) is 8.04. The van der Waals surface area contributed by atoms with E-state index in [9.17, 15) is 4.39 Å². The van der Waals surface area contributed by atoms with E-state index in [0.717, 1.165) is 60.5 Å². The Bertz CT molecular complexity index is 3270. The molecule has 0 fully saturated rings. The largest absolute Gasteiger partial charge is 0.309 e. The Morgan fingerprint density at radius 2 is 0.855 bits per heavy atom. The van der Waals surface area contributed by atoms with Crippen molar-refractivity contribution in [2.75, 3.05) is 0 Å². The van der Waals surface area contributed by atoms with Gasteiger partial charge >= 0.3 is 0 Å². The highest BCUT2D eigenvalue weighted by atomic mass is 19.1. The number of benzene rings is 8. The second-order valence-electron chi connectivity index (χ2n) is 13.9. The summed E-state index contributed by atoms with van der Waals surface area (Å²) >= 11 is 0. The summed E-state index contributed by atoms with van der Waals surface area (Å²) in [6.07, 6.45) is 0. The molecule has 3 heterocycles. The van der Waals surface area contributed by atoms with Crippen molar-refractivity contribution in [3.63, 3.8) is 0 Å². The summed E-state index contributed by atoms with van der Waals surface area (Å²) in [5.74, 6) is 1.38. The molecule has 0 atom stereocenters. The van der Waals surface area contributed by atoms with Gasteiger partial charge in [-0.1, -0.05) is 115 Å². The van der Waals surface area contributed by atoms with Crippen molar-refractivity contribution in [2.45, 2.75) is 0 Å². The molecule has 3 aromatic heterocycles. The molecule has 0 N–H and O–H groups in total. The van der Waals surface area contributed by atoms with E-state index in [4.69, 9.17) is 15.0 Å². The van der Waals surface area contributed by atoms with Crippen LogP contribution in [0.3, 0.4) is 0 Å². The van der Waals surface area contributed by atoms with Crippen LogP contribution < -0.4 is 0 Å². The summed E-state index contributed by atoms with van der Waals surface area (Å²) < 4.78 is 18.5. The fourth-order valence-electron chi connectivity index (χ4n) is 8.04. The summed E-state index contributed by atoms with van der Waals surface area (Å²) in [6, 6.07) is 61.7. The molecule has 0 unspecified atom stereocenters. The lowest BCUT2D eigenvalue weighted by molar-refractivity contribution is 0.630. The highest BCUT2D eigenvalue weighted by Crippen LogP contribution is 2.38. The van der Waals surface area contributed by atoms with E-state index in [2.05, 4.69) is 124 Å². The second kappa shape index (κ2) is 12.3. The third-order valence-electron chi connectivity index (χ3n) is 10.6. The minimum atomic E-state index is -0.264. The van der Waals surface area contributed by atoms with E-state index in [0.29, 0.717) is 17.6 Å². The first-order valence-electron chi connectivity index (χ1n) is 18.3. The Morgan fingerprint density at radius 3 is 1.55 bits per heavy atom. The first-order chi connectivity index (χ1) is 27.2. The average molecular weight is 708 g/mol. The van der Waals surface area contributed by atoms with E-state index < -0.39 is 0 Å². The summed E-state index contributed by atoms with van der Waals surface area (Å²) in [5, 5.41) is 6.38. The van der Waals surface area contributed by atoms with Crippen LogP contribution in [0.5, 0.6) is 0 Å². The van der Waals surface area contributed by atoms with Gasteiger partial charge in [-0.2, -0.15) is 9.97 Å². The molecule has 8 aromatic carbocycles. The molecule has 0 saturated heterocycles. The van der Waals surface area contributed by atoms with Gasteiger partial charge in [-0.05, 0) is 88.6 Å². The zero-order valence-electron chi connectivity index (χ0n) is 29.4. The minimum absolute atomic E-state index is 0.264. The molecule has 0 radical (unpaired) electrons. The molecule has 55 heavy (non-hydrogen) atoms. The van der Waals surface area contributed by atoms with Crippen LogP contribution in [-0.2, 0) is 0 Å². The normalized spacial score (nSPS) is 11.7. The first kappa shape index (κ1) is 31.1. The number of para-hydroxylation sites is 3. The Kier molecular flexibility index (Phi) is 6.97. The lowest BCUT2D eigenvalue weighted by Crippen LogP contribution is -2.06. The number of nitrogens with zero attached hydrogens (tertiary/aromatic N) is 5. The lowest BCUT2D eigenvalue weighted by Gasteiger charge is -2.11. The quantitative estimate of drug-likeness (QED) is 0.179. The molecule has 0 aliphatic heterocycles. The van der Waals surface area contributed by atoms with Gasteiger partial charge in [0.25, 0.3) is 0 Å². The van der Waals surface area contributed by atoms with Crippen LogP contribution in [0, 0.1) is 5.82 Å². The maximum atomic E-state index is 14.0. The molecule has 0 bridgehead atoms. The van der Waals surface area contributed by atoms with Crippen LogP contribution in [-0.4, -0.2) is 24.1 Å². The van der Waals surface area contributed by atoms with Crippen LogP contribution in [0.15, 0.2) is 182 Å². The fraction of sp³-hybridized carbons (Fsp3) is 0. The third-order valence-corrected chi connectivity index (χ3v) is 10.6. The summed E-state index contributed by atoms with van der Waals surface area (Å²) in [6.45, 7) is 0. The van der Waals surface area contributed by atoms with Gasteiger partial charge in [0.1, 0.15) is 5.82 Å². The smallest absolute Gasteiger partial charge is 0.238 e. The van der Waals surface area contributed by atoms with Gasteiger partial charge in [0.05, 0.1) is 22.1 Å². The standard InChI is InChI=1S/C49H30FN5/c50-37-24-21-32-27-36(20-19-33(32)28-37)48-51-47(31-11-3-1-4-12-31)52-49(53-48)55-44-18-10-8-16-40(44)42-30-35(23-26-46(42)55)34-22-25-45-41(29-34)39-15-7-9-17-43(39)54(45)38-13-5-2-6-14-38/h1-30H. The number of fused-ring (bicyclic) bond motifs is 7. The number of hydrogen-bond acceptors (Lipinski definition) is 3. The first-order valence-corrected chi connectivity index (χ1v) is 18.3. The molecule has 258 valence electrons. The molecular formula is C49H30FN5. The Balaban J connectivity index is 1.10. The van der Waals surface area contributed by atoms with E-state index >= 15 is 0 Å². The van der Waals surface area contributed by atoms with Crippen molar-refractivity contribution in [2.24, 2.45) is 0 Å². The lowest BCUT2D eigenvalue weighted by atomic mass is 10.0. The number of halogens is 1. The van der Waals surface area contributed by atoms with Gasteiger partial charge in [-0.25, -0.2) is 9.37 Å². The molecule has 0 saturated carbocycles. The van der Waals surface area contributed by atoms with Crippen molar-refractivity contribution in [1.82, 2.24) is 24.1 Å². The van der Waals surface area contributed by atoms with Crippen LogP contribution in [0.1, 0.15) is 0 Å². The predicted octanol–water partition coefficient (Wildman–Crippen LogP) is 12.4. The summed E-state index contributed by atoms with van der Waals surface area (Å²) in [7, 11) is 0. The van der Waals surface area contributed by atoms with Crippen molar-refractivity contribution in [3.05, 3.63) is 188 Å². The van der Waals surface area contributed by atoms with Gasteiger partial charge in [-0.15, -0.1) is 0 Å². The van der Waals surface area contributed by atoms with Crippen LogP contribution in [0.25, 0.3) is 99.9 Å². The van der Waals surface area contributed by atoms with E-state index in [1.807, 2.05) is 48.5 Å². The minimum Gasteiger partial charge on any atom is -0.309 e. The van der Waals surface area contributed by atoms with Gasteiger partial charge in [0.15, 0.2) is 11.6 Å². The third kappa shape index (κ3) is 5.11. The van der Waals surface area contributed by atoms with Crippen molar-refractivity contribution < 1.29 is 4.39 Å². The van der Waals surface area contributed by atoms with Crippen LogP contribution >= 0.6 is 0 Å². The highest BCUT2D eigenvalue weighted by Gasteiger charge is 2.19. The van der Waals surface area contributed by atoms with E-state index in [1.54, 1.807) is 12.1 Å². The van der Waals surface area contributed by atoms with Gasteiger partial charge in [0.2, 0.25) is 5.95 Å². The SMILES string of the molecule is Fc1ccc2cc(-c3nc(-c4ccccc4)nc(-n4c5ccccc5c5cc(-c6ccc7c(c6)c6ccccc6n7-c6ccccc6)ccc54)n3)ccc2c1. The molecule has 0 aliphatic carbocycles. The molecule has 11 aromatic rings. The number of hydrogen-bond donors (Lipinski definition) is 0. The molecular weight excluding hydrogens is 678 g/mol. The van der Waals surface area contributed by atoms with E-state index in [-0.39, 0.29) is 5.82 Å². The highest BCUT2D eigenvalue weighted by molar-refractivity contribution is 6.12. The van der Waals surface area contributed by atoms with Crippen molar-refractivity contribution in [1.29, 1.82) is 0 Å². The molecule has 0 amide bonds. The Morgan fingerprint density at radius 1 is 0.345 bits per heavy atom. The van der Waals surface area contributed by atoms with Gasteiger partial charge in [-0.3, -0.25) is 4.57 Å². The zero-order chi connectivity index (χ0) is 36.5. The molecule has 5 nitrogen and oxygen atoms in total. The molecule has 6 heteroatoms. The zero-order valence-corrected chi connectivity index (χ0v) is 29.4. The Hall–Kier alpha value is -7.44. The average Bonchev–Trinajstić information content (AvgIpc) is 3.76. The topological polar surface area (TPSA) is 48.5 Å². The van der Waals surface area contributed by atoms with Gasteiger partial charge in [0, 0.05) is 38.4 Å². The van der Waals surface area contributed by atoms with Crippen molar-refractivity contribution in [3.8, 4) is 45.5 Å². The predicted molar refractivity (Wildman–Crippen MR) is 222 cm³/mol. The van der Waals surface area contributed by atoms with Crippen molar-refractivity contribution >= 4 is 54.4 Å². The summed E-state index contributed by atoms with van der Waals surface area (Å²) in [5.41, 5.74) is 9.49. The molecule has 0 aliphatic rings. The number of aromatic nitrogens is 5. The van der Waals surface area contributed by atoms with Crippen LogP contribution in [0.4, 0.5) is 4.39 Å². The number of rotatable bonds is 5. The van der Waals surface area contributed by atoms with Gasteiger partial charge < -0.3 is 4.57 Å². The maximum Gasteiger partial charge on any atom is 0.238 e. The summed E-state index contributed by atoms with van der Waals surface area (Å²) in [4.78, 5) is 15.2. The van der Waals surface area contributed by atoms with Crippen LogP contribution in [0.2, 0.25) is 0 Å².